The van der Waals surface area contributed by atoms with Gasteiger partial charge in [-0.25, -0.2) is 8.78 Å². The van der Waals surface area contributed by atoms with Crippen molar-refractivity contribution in [2.75, 3.05) is 9.80 Å². The summed E-state index contributed by atoms with van der Waals surface area (Å²) >= 11 is 0. The van der Waals surface area contributed by atoms with E-state index in [1.807, 2.05) is 103 Å². The van der Waals surface area contributed by atoms with Crippen LogP contribution in [0.1, 0.15) is 22.3 Å². The fourth-order valence-corrected chi connectivity index (χ4v) is 9.38. The molecule has 0 unspecified atom stereocenters. The minimum absolute atomic E-state index is 0.384. The van der Waals surface area contributed by atoms with Crippen molar-refractivity contribution in [3.05, 3.63) is 252 Å². The van der Waals surface area contributed by atoms with Gasteiger partial charge < -0.3 is 14.2 Å². The lowest BCUT2D eigenvalue weighted by molar-refractivity contribution is 0.613. The van der Waals surface area contributed by atoms with Crippen molar-refractivity contribution in [2.45, 2.75) is 5.41 Å². The van der Waals surface area contributed by atoms with Crippen LogP contribution in [0.15, 0.2) is 223 Å². The van der Waals surface area contributed by atoms with E-state index in [0.29, 0.717) is 16.7 Å². The van der Waals surface area contributed by atoms with Gasteiger partial charge in [0.2, 0.25) is 0 Å². The van der Waals surface area contributed by atoms with E-state index < -0.39 is 5.41 Å². The highest BCUT2D eigenvalue weighted by molar-refractivity contribution is 6.19. The fraction of sp³-hybridized carbons (Fsp3) is 0.0182. The monoisotopic (exact) mass is 778 g/mol. The van der Waals surface area contributed by atoms with Crippen LogP contribution in [-0.2, 0) is 5.41 Å². The zero-order chi connectivity index (χ0) is 40.2. The summed E-state index contributed by atoms with van der Waals surface area (Å²) in [6.07, 6.45) is 0. The third kappa shape index (κ3) is 5.54. The van der Waals surface area contributed by atoms with Crippen LogP contribution in [0, 0.1) is 11.6 Å². The second-order valence-corrected chi connectivity index (χ2v) is 15.1. The number of benzene rings is 9. The molecule has 10 aromatic rings. The number of hydrogen-bond donors (Lipinski definition) is 0. The molecule has 286 valence electrons. The largest absolute Gasteiger partial charge is 0.455 e. The molecule has 1 heterocycles. The topological polar surface area (TPSA) is 19.6 Å². The summed E-state index contributed by atoms with van der Waals surface area (Å²) in [6, 6.07) is 71.5. The highest BCUT2D eigenvalue weighted by Crippen LogP contribution is 2.61. The van der Waals surface area contributed by atoms with Crippen LogP contribution in [0.2, 0.25) is 0 Å². The molecule has 0 N–H and O–H groups in total. The lowest BCUT2D eigenvalue weighted by atomic mass is 9.67. The maximum Gasteiger partial charge on any atom is 0.145 e. The van der Waals surface area contributed by atoms with Gasteiger partial charge in [0.05, 0.1) is 16.5 Å². The highest BCUT2D eigenvalue weighted by atomic mass is 19.1. The molecule has 0 saturated carbocycles. The van der Waals surface area contributed by atoms with Crippen LogP contribution < -0.4 is 9.80 Å². The lowest BCUT2D eigenvalue weighted by Gasteiger charge is -2.36. The average molecular weight is 779 g/mol. The fourth-order valence-electron chi connectivity index (χ4n) is 9.38. The van der Waals surface area contributed by atoms with Gasteiger partial charge in [-0.05, 0) is 125 Å². The molecule has 1 aromatic heterocycles. The normalized spacial score (nSPS) is 12.6. The van der Waals surface area contributed by atoms with Crippen molar-refractivity contribution >= 4 is 56.1 Å². The van der Waals surface area contributed by atoms with E-state index in [4.69, 9.17) is 4.42 Å². The molecular formula is C55H36F2N2O. The molecule has 9 aromatic carbocycles. The first-order valence-corrected chi connectivity index (χ1v) is 20.1. The van der Waals surface area contributed by atoms with Crippen molar-refractivity contribution in [1.29, 1.82) is 0 Å². The average Bonchev–Trinajstić information content (AvgIpc) is 3.82. The second kappa shape index (κ2) is 14.3. The summed E-state index contributed by atoms with van der Waals surface area (Å²) in [6.45, 7) is 0. The van der Waals surface area contributed by atoms with Crippen LogP contribution in [0.4, 0.5) is 42.9 Å². The maximum absolute atomic E-state index is 15.9. The Morgan fingerprint density at radius 1 is 0.400 bits per heavy atom. The van der Waals surface area contributed by atoms with Crippen molar-refractivity contribution < 1.29 is 13.2 Å². The maximum atomic E-state index is 15.9. The molecule has 0 spiro atoms. The van der Waals surface area contributed by atoms with Gasteiger partial charge in [0.15, 0.2) is 0 Å². The smallest absolute Gasteiger partial charge is 0.145 e. The Bertz CT molecular complexity index is 3060. The third-order valence-corrected chi connectivity index (χ3v) is 11.8. The number of halogens is 2. The molecule has 0 amide bonds. The zero-order valence-electron chi connectivity index (χ0n) is 32.3. The van der Waals surface area contributed by atoms with Crippen LogP contribution >= 0.6 is 0 Å². The van der Waals surface area contributed by atoms with Gasteiger partial charge in [-0.3, -0.25) is 0 Å². The van der Waals surface area contributed by atoms with Crippen LogP contribution in [0.25, 0.3) is 33.1 Å². The van der Waals surface area contributed by atoms with E-state index in [9.17, 15) is 0 Å². The number of anilines is 6. The summed E-state index contributed by atoms with van der Waals surface area (Å²) in [5, 5.41) is 1.91. The minimum Gasteiger partial charge on any atom is -0.455 e. The van der Waals surface area contributed by atoms with Gasteiger partial charge in [0.25, 0.3) is 0 Å². The van der Waals surface area contributed by atoms with Crippen molar-refractivity contribution in [2.24, 2.45) is 0 Å². The van der Waals surface area contributed by atoms with Crippen molar-refractivity contribution in [3.63, 3.8) is 0 Å². The molecule has 0 bridgehead atoms. The van der Waals surface area contributed by atoms with Crippen LogP contribution in [0.3, 0.4) is 0 Å². The molecule has 0 radical (unpaired) electrons. The van der Waals surface area contributed by atoms with Crippen molar-refractivity contribution in [1.82, 2.24) is 0 Å². The number of para-hydroxylation sites is 5. The molecule has 1 aliphatic carbocycles. The Kier molecular flexibility index (Phi) is 8.41. The summed E-state index contributed by atoms with van der Waals surface area (Å²) < 4.78 is 38.9. The predicted octanol–water partition coefficient (Wildman–Crippen LogP) is 15.2. The molecule has 3 nitrogen and oxygen atoms in total. The Morgan fingerprint density at radius 2 is 0.900 bits per heavy atom. The summed E-state index contributed by atoms with van der Waals surface area (Å²) in [7, 11) is 0. The first-order valence-electron chi connectivity index (χ1n) is 20.1. The van der Waals surface area contributed by atoms with E-state index in [-0.39, 0.29) is 11.6 Å². The van der Waals surface area contributed by atoms with Crippen molar-refractivity contribution in [3.8, 4) is 11.1 Å². The molecule has 0 saturated heterocycles. The first-order chi connectivity index (χ1) is 29.6. The van der Waals surface area contributed by atoms with E-state index in [2.05, 4.69) is 88.7 Å². The minimum atomic E-state index is -1.20. The Balaban J connectivity index is 1.32. The zero-order valence-corrected chi connectivity index (χ0v) is 32.3. The van der Waals surface area contributed by atoms with E-state index in [1.54, 1.807) is 24.3 Å². The van der Waals surface area contributed by atoms with Gasteiger partial charge in [0, 0.05) is 39.4 Å². The molecule has 60 heavy (non-hydrogen) atoms. The number of hydrogen-bond acceptors (Lipinski definition) is 3. The standard InChI is InChI=1S/C55H36F2N2O/c56-39-19-15-17-37(33-39)55(38-18-16-20-40(57)34-38)48-35-45(58(41-21-5-1-6-22-41)42-23-7-2-8-24-42)31-32-46(48)52-49(55)36-50(53-47-29-13-14-30-51(47)60-54(52)53)59(43-25-9-3-10-26-43)44-27-11-4-12-28-44/h1-36H. The molecule has 0 aliphatic heterocycles. The number of rotatable bonds is 8. The number of furan rings is 1. The highest BCUT2D eigenvalue weighted by Gasteiger charge is 2.49. The molecule has 11 rings (SSSR count). The number of fused-ring (bicyclic) bond motifs is 7. The molecule has 1 aliphatic rings. The van der Waals surface area contributed by atoms with Crippen LogP contribution in [0.5, 0.6) is 0 Å². The SMILES string of the molecule is Fc1cccc(C2(c3cccc(F)c3)c3cc(N(c4ccccc4)c4ccccc4)ccc3-c3c2cc(N(c2ccccc2)c2ccccc2)c2c3oc3ccccc32)c1. The first kappa shape index (κ1) is 35.4. The summed E-state index contributed by atoms with van der Waals surface area (Å²) in [4.78, 5) is 4.48. The van der Waals surface area contributed by atoms with E-state index in [0.717, 1.165) is 72.7 Å². The predicted molar refractivity (Wildman–Crippen MR) is 240 cm³/mol. The number of nitrogens with zero attached hydrogens (tertiary/aromatic N) is 2. The Hall–Kier alpha value is -7.76. The summed E-state index contributed by atoms with van der Waals surface area (Å²) in [5.41, 5.74) is 10.8. The summed E-state index contributed by atoms with van der Waals surface area (Å²) in [5.74, 6) is -0.769. The molecule has 0 atom stereocenters. The lowest BCUT2D eigenvalue weighted by Crippen LogP contribution is -2.29. The quantitative estimate of drug-likeness (QED) is 0.153. The molecule has 5 heteroatoms. The molecule has 0 fully saturated rings. The van der Waals surface area contributed by atoms with E-state index >= 15 is 8.78 Å². The third-order valence-electron chi connectivity index (χ3n) is 11.8. The Morgan fingerprint density at radius 3 is 1.43 bits per heavy atom. The second-order valence-electron chi connectivity index (χ2n) is 15.1. The van der Waals surface area contributed by atoms with Gasteiger partial charge in [-0.2, -0.15) is 0 Å². The van der Waals surface area contributed by atoms with Gasteiger partial charge in [-0.1, -0.05) is 121 Å². The molecular weight excluding hydrogens is 743 g/mol. The Labute approximate surface area is 346 Å². The van der Waals surface area contributed by atoms with Crippen LogP contribution in [-0.4, -0.2) is 0 Å². The van der Waals surface area contributed by atoms with E-state index in [1.165, 1.54) is 12.1 Å². The van der Waals surface area contributed by atoms with Gasteiger partial charge >= 0.3 is 0 Å². The van der Waals surface area contributed by atoms with Gasteiger partial charge in [-0.15, -0.1) is 0 Å². The van der Waals surface area contributed by atoms with Gasteiger partial charge in [0.1, 0.15) is 22.8 Å².